The van der Waals surface area contributed by atoms with E-state index in [0.717, 1.165) is 23.8 Å². The van der Waals surface area contributed by atoms with Gasteiger partial charge in [-0.15, -0.1) is 0 Å². The van der Waals surface area contributed by atoms with Gasteiger partial charge in [0.1, 0.15) is 5.15 Å². The van der Waals surface area contributed by atoms with Crippen molar-refractivity contribution >= 4 is 22.4 Å². The molecule has 1 unspecified atom stereocenters. The highest BCUT2D eigenvalue weighted by atomic mass is 35.5. The Morgan fingerprint density at radius 1 is 1.50 bits per heavy atom. The lowest BCUT2D eigenvalue weighted by Gasteiger charge is -2.25. The van der Waals surface area contributed by atoms with Crippen LogP contribution in [-0.2, 0) is 5.54 Å². The van der Waals surface area contributed by atoms with E-state index in [4.69, 9.17) is 17.3 Å². The molecule has 0 bridgehead atoms. The van der Waals surface area contributed by atoms with Crippen molar-refractivity contribution in [2.75, 3.05) is 0 Å². The normalized spacial score (nSPS) is 14.7. The molecule has 18 heavy (non-hydrogen) atoms. The molecule has 2 aromatic heterocycles. The van der Waals surface area contributed by atoms with Crippen molar-refractivity contribution in [1.29, 1.82) is 0 Å². The Morgan fingerprint density at radius 3 is 2.89 bits per heavy atom. The molecular formula is C13H16ClN3O. The predicted octanol–water partition coefficient (Wildman–Crippen LogP) is 2.55. The van der Waals surface area contributed by atoms with Gasteiger partial charge >= 0.3 is 0 Å². The summed E-state index contributed by atoms with van der Waals surface area (Å²) >= 11 is 5.91. The van der Waals surface area contributed by atoms with Gasteiger partial charge in [0.25, 0.3) is 5.56 Å². The maximum atomic E-state index is 11.7. The number of aromatic amines is 1. The third-order valence-corrected chi connectivity index (χ3v) is 3.34. The van der Waals surface area contributed by atoms with Gasteiger partial charge in [-0.1, -0.05) is 24.9 Å². The third-order valence-electron chi connectivity index (χ3n) is 3.14. The minimum Gasteiger partial charge on any atom is -0.328 e. The monoisotopic (exact) mass is 265 g/mol. The van der Waals surface area contributed by atoms with Crippen LogP contribution in [0.4, 0.5) is 0 Å². The summed E-state index contributed by atoms with van der Waals surface area (Å²) in [5, 5.41) is 1.66. The molecule has 2 aromatic rings. The molecule has 5 heteroatoms. The summed E-state index contributed by atoms with van der Waals surface area (Å²) in [7, 11) is 0. The van der Waals surface area contributed by atoms with Crippen LogP contribution in [0.25, 0.3) is 10.8 Å². The molecule has 96 valence electrons. The number of nitrogens with two attached hydrogens (primary N) is 1. The largest absolute Gasteiger partial charge is 0.328 e. The van der Waals surface area contributed by atoms with Crippen molar-refractivity contribution in [2.24, 2.45) is 5.73 Å². The zero-order valence-electron chi connectivity index (χ0n) is 10.5. The third kappa shape index (κ3) is 2.26. The van der Waals surface area contributed by atoms with E-state index >= 15 is 0 Å². The lowest BCUT2D eigenvalue weighted by molar-refractivity contribution is 0.449. The Hall–Kier alpha value is -1.39. The Bertz CT molecular complexity index is 634. The van der Waals surface area contributed by atoms with E-state index < -0.39 is 5.54 Å². The van der Waals surface area contributed by atoms with Crippen LogP contribution in [0.15, 0.2) is 23.3 Å². The van der Waals surface area contributed by atoms with Crippen molar-refractivity contribution in [3.63, 3.8) is 0 Å². The van der Waals surface area contributed by atoms with Crippen molar-refractivity contribution in [2.45, 2.75) is 32.2 Å². The molecule has 0 radical (unpaired) electrons. The zero-order chi connectivity index (χ0) is 13.3. The van der Waals surface area contributed by atoms with Crippen LogP contribution < -0.4 is 11.3 Å². The second-order valence-electron chi connectivity index (χ2n) is 4.75. The lowest BCUT2D eigenvalue weighted by Crippen LogP contribution is -2.33. The van der Waals surface area contributed by atoms with E-state index in [1.165, 1.54) is 6.20 Å². The minimum absolute atomic E-state index is 0.176. The standard InChI is InChI=1S/C13H16ClN3O/c1-3-4-13(2,15)10-7-17-12(18)9-6-16-11(14)5-8(9)10/h5-7H,3-4,15H2,1-2H3,(H,17,18). The number of nitrogens with zero attached hydrogens (tertiary/aromatic N) is 1. The molecule has 0 saturated heterocycles. The molecule has 4 nitrogen and oxygen atoms in total. The maximum Gasteiger partial charge on any atom is 0.257 e. The van der Waals surface area contributed by atoms with Crippen LogP contribution in [0.3, 0.4) is 0 Å². The summed E-state index contributed by atoms with van der Waals surface area (Å²) < 4.78 is 0. The lowest BCUT2D eigenvalue weighted by atomic mass is 9.87. The van der Waals surface area contributed by atoms with Gasteiger partial charge in [-0.3, -0.25) is 4.79 Å². The quantitative estimate of drug-likeness (QED) is 0.838. The second-order valence-corrected chi connectivity index (χ2v) is 5.14. The molecule has 2 rings (SSSR count). The Morgan fingerprint density at radius 2 is 2.22 bits per heavy atom. The molecule has 0 aliphatic heterocycles. The van der Waals surface area contributed by atoms with Crippen molar-refractivity contribution in [3.05, 3.63) is 39.5 Å². The average Bonchev–Trinajstić information content (AvgIpc) is 2.28. The van der Waals surface area contributed by atoms with Crippen LogP contribution in [0.5, 0.6) is 0 Å². The number of aromatic nitrogens is 2. The van der Waals surface area contributed by atoms with Gasteiger partial charge in [-0.2, -0.15) is 0 Å². The van der Waals surface area contributed by atoms with Crippen LogP contribution in [0.1, 0.15) is 32.3 Å². The first-order valence-corrected chi connectivity index (χ1v) is 6.30. The molecule has 1 atom stereocenters. The number of pyridine rings is 2. The summed E-state index contributed by atoms with van der Waals surface area (Å²) in [6.45, 7) is 4.03. The van der Waals surface area contributed by atoms with Gasteiger partial charge in [0.05, 0.1) is 5.39 Å². The van der Waals surface area contributed by atoms with E-state index in [0.29, 0.717) is 10.5 Å². The highest BCUT2D eigenvalue weighted by molar-refractivity contribution is 6.30. The number of hydrogen-bond acceptors (Lipinski definition) is 3. The number of H-pyrrole nitrogens is 1. The number of fused-ring (bicyclic) bond motifs is 1. The molecule has 0 spiro atoms. The molecule has 3 N–H and O–H groups in total. The van der Waals surface area contributed by atoms with E-state index in [1.54, 1.807) is 12.3 Å². The van der Waals surface area contributed by atoms with Gasteiger partial charge in [0, 0.05) is 17.9 Å². The van der Waals surface area contributed by atoms with Crippen LogP contribution in [0, 0.1) is 0 Å². The van der Waals surface area contributed by atoms with E-state index in [2.05, 4.69) is 16.9 Å². The van der Waals surface area contributed by atoms with Gasteiger partial charge in [-0.25, -0.2) is 4.98 Å². The smallest absolute Gasteiger partial charge is 0.257 e. The predicted molar refractivity (Wildman–Crippen MR) is 73.8 cm³/mol. The summed E-state index contributed by atoms with van der Waals surface area (Å²) in [5.41, 5.74) is 6.55. The number of halogens is 1. The topological polar surface area (TPSA) is 71.8 Å². The Balaban J connectivity index is 2.76. The van der Waals surface area contributed by atoms with E-state index in [9.17, 15) is 4.79 Å². The fraction of sp³-hybridized carbons (Fsp3) is 0.385. The molecule has 0 aliphatic carbocycles. The summed E-state index contributed by atoms with van der Waals surface area (Å²) in [6.07, 6.45) is 4.96. The first-order valence-electron chi connectivity index (χ1n) is 5.92. The second kappa shape index (κ2) is 4.71. The summed E-state index contributed by atoms with van der Waals surface area (Å²) in [4.78, 5) is 18.4. The number of rotatable bonds is 3. The van der Waals surface area contributed by atoms with Crippen molar-refractivity contribution in [3.8, 4) is 0 Å². The molecule has 0 aliphatic rings. The Kier molecular flexibility index (Phi) is 3.41. The maximum absolute atomic E-state index is 11.7. The first kappa shape index (κ1) is 13.1. The molecule has 0 aromatic carbocycles. The Labute approximate surface area is 110 Å². The zero-order valence-corrected chi connectivity index (χ0v) is 11.2. The summed E-state index contributed by atoms with van der Waals surface area (Å²) in [6, 6.07) is 1.70. The van der Waals surface area contributed by atoms with Gasteiger partial charge in [0.15, 0.2) is 0 Å². The number of hydrogen-bond donors (Lipinski definition) is 2. The first-order chi connectivity index (χ1) is 8.45. The SMILES string of the molecule is CCCC(C)(N)c1c[nH]c(=O)c2cnc(Cl)cc12. The minimum atomic E-state index is -0.498. The van der Waals surface area contributed by atoms with Crippen molar-refractivity contribution < 1.29 is 0 Å². The summed E-state index contributed by atoms with van der Waals surface area (Å²) in [5.74, 6) is 0. The van der Waals surface area contributed by atoms with Gasteiger partial charge in [-0.05, 0) is 30.4 Å². The van der Waals surface area contributed by atoms with Gasteiger partial charge in [0.2, 0.25) is 0 Å². The van der Waals surface area contributed by atoms with E-state index in [-0.39, 0.29) is 5.56 Å². The number of nitrogens with one attached hydrogen (secondary N) is 1. The highest BCUT2D eigenvalue weighted by Crippen LogP contribution is 2.28. The van der Waals surface area contributed by atoms with Crippen LogP contribution in [-0.4, -0.2) is 9.97 Å². The average molecular weight is 266 g/mol. The molecule has 2 heterocycles. The van der Waals surface area contributed by atoms with E-state index in [1.807, 2.05) is 6.92 Å². The fourth-order valence-electron chi connectivity index (χ4n) is 2.25. The fourth-order valence-corrected chi connectivity index (χ4v) is 2.41. The molecule has 0 saturated carbocycles. The molecule has 0 fully saturated rings. The van der Waals surface area contributed by atoms with Crippen molar-refractivity contribution in [1.82, 2.24) is 9.97 Å². The highest BCUT2D eigenvalue weighted by Gasteiger charge is 2.23. The molecule has 0 amide bonds. The van der Waals surface area contributed by atoms with Gasteiger partial charge < -0.3 is 10.7 Å². The van der Waals surface area contributed by atoms with Crippen LogP contribution >= 0.6 is 11.6 Å². The van der Waals surface area contributed by atoms with Crippen LogP contribution in [0.2, 0.25) is 5.15 Å². The molecular weight excluding hydrogens is 250 g/mol.